The van der Waals surface area contributed by atoms with E-state index in [9.17, 15) is 19.8 Å². The number of hydrogen-bond acceptors (Lipinski definition) is 6. The zero-order valence-electron chi connectivity index (χ0n) is 16.6. The number of aromatic hydroxyl groups is 1. The summed E-state index contributed by atoms with van der Waals surface area (Å²) in [5.41, 5.74) is 0.175. The first-order valence-electron chi connectivity index (χ1n) is 9.32. The van der Waals surface area contributed by atoms with E-state index in [1.165, 1.54) is 31.4 Å². The maximum atomic E-state index is 13.0. The van der Waals surface area contributed by atoms with Crippen molar-refractivity contribution in [2.24, 2.45) is 0 Å². The van der Waals surface area contributed by atoms with Gasteiger partial charge in [0, 0.05) is 5.56 Å². The van der Waals surface area contributed by atoms with E-state index in [0.717, 1.165) is 4.90 Å². The summed E-state index contributed by atoms with van der Waals surface area (Å²) < 4.78 is 10.8. The number of para-hydroxylation sites is 2. The van der Waals surface area contributed by atoms with Crippen molar-refractivity contribution in [3.63, 3.8) is 0 Å². The first-order chi connectivity index (χ1) is 14.8. The molecule has 0 bridgehead atoms. The number of phenols is 1. The lowest BCUT2D eigenvalue weighted by Gasteiger charge is -2.24. The van der Waals surface area contributed by atoms with Crippen LogP contribution in [-0.4, -0.2) is 29.0 Å². The third kappa shape index (κ3) is 3.43. The molecule has 7 nitrogen and oxygen atoms in total. The number of ketones is 1. The van der Waals surface area contributed by atoms with Gasteiger partial charge in [0.25, 0.3) is 11.7 Å². The van der Waals surface area contributed by atoms with Gasteiger partial charge < -0.3 is 19.4 Å². The fraction of sp³-hybridized carbons (Fsp3) is 0.130. The molecule has 1 amide bonds. The van der Waals surface area contributed by atoms with Gasteiger partial charge in [-0.15, -0.1) is 0 Å². The van der Waals surface area contributed by atoms with E-state index in [1.54, 1.807) is 37.3 Å². The summed E-state index contributed by atoms with van der Waals surface area (Å²) in [7, 11) is 1.46. The molecular formula is C23H18ClNO6. The minimum Gasteiger partial charge on any atom is -0.507 e. The fourth-order valence-corrected chi connectivity index (χ4v) is 3.85. The van der Waals surface area contributed by atoms with Crippen LogP contribution in [0.4, 0.5) is 5.69 Å². The summed E-state index contributed by atoms with van der Waals surface area (Å²) in [5.74, 6) is -1.20. The lowest BCUT2D eigenvalue weighted by molar-refractivity contribution is -0.132. The predicted octanol–water partition coefficient (Wildman–Crippen LogP) is 4.58. The van der Waals surface area contributed by atoms with Crippen LogP contribution in [-0.2, 0) is 9.59 Å². The van der Waals surface area contributed by atoms with Crippen molar-refractivity contribution in [2.75, 3.05) is 12.0 Å². The van der Waals surface area contributed by atoms with Gasteiger partial charge in [0.2, 0.25) is 0 Å². The average Bonchev–Trinajstić information content (AvgIpc) is 3.29. The first kappa shape index (κ1) is 20.6. The van der Waals surface area contributed by atoms with Gasteiger partial charge in [0.05, 0.1) is 23.4 Å². The molecule has 2 heterocycles. The van der Waals surface area contributed by atoms with E-state index in [2.05, 4.69) is 0 Å². The van der Waals surface area contributed by atoms with Crippen LogP contribution in [0.3, 0.4) is 0 Å². The second-order valence-corrected chi connectivity index (χ2v) is 7.36. The van der Waals surface area contributed by atoms with E-state index < -0.39 is 23.5 Å². The predicted molar refractivity (Wildman–Crippen MR) is 114 cm³/mol. The Bertz CT molecular complexity index is 1230. The molecule has 0 aliphatic carbocycles. The van der Waals surface area contributed by atoms with Gasteiger partial charge in [-0.2, -0.15) is 0 Å². The molecule has 0 saturated carbocycles. The Morgan fingerprint density at radius 3 is 2.48 bits per heavy atom. The molecule has 2 aromatic carbocycles. The van der Waals surface area contributed by atoms with Crippen LogP contribution in [0, 0.1) is 6.92 Å². The van der Waals surface area contributed by atoms with E-state index >= 15 is 0 Å². The number of methoxy groups -OCH3 is 1. The number of rotatable bonds is 4. The quantitative estimate of drug-likeness (QED) is 0.350. The first-order valence-corrected chi connectivity index (χ1v) is 9.70. The summed E-state index contributed by atoms with van der Waals surface area (Å²) in [6.45, 7) is 1.72. The molecule has 8 heteroatoms. The molecule has 1 aliphatic rings. The van der Waals surface area contributed by atoms with Crippen LogP contribution in [0.2, 0.25) is 5.02 Å². The van der Waals surface area contributed by atoms with Crippen molar-refractivity contribution < 1.29 is 29.0 Å². The highest BCUT2D eigenvalue weighted by atomic mass is 35.5. The van der Waals surface area contributed by atoms with Crippen molar-refractivity contribution >= 4 is 34.7 Å². The van der Waals surface area contributed by atoms with E-state index in [-0.39, 0.29) is 33.4 Å². The Kier molecular flexibility index (Phi) is 5.20. The normalized spacial score (nSPS) is 17.9. The number of ether oxygens (including phenoxy) is 1. The number of nitrogens with zero attached hydrogens (tertiary/aromatic N) is 1. The van der Waals surface area contributed by atoms with E-state index in [1.807, 2.05) is 0 Å². The molecule has 0 spiro atoms. The highest BCUT2D eigenvalue weighted by molar-refractivity contribution is 6.51. The zero-order valence-corrected chi connectivity index (χ0v) is 17.4. The highest BCUT2D eigenvalue weighted by Crippen LogP contribution is 2.45. The molecule has 4 rings (SSSR count). The van der Waals surface area contributed by atoms with Crippen LogP contribution in [0.15, 0.2) is 64.6 Å². The van der Waals surface area contributed by atoms with Gasteiger partial charge in [-0.05, 0) is 49.4 Å². The molecular weight excluding hydrogens is 422 g/mol. The lowest BCUT2D eigenvalue weighted by atomic mass is 9.99. The summed E-state index contributed by atoms with van der Waals surface area (Å²) in [6, 6.07) is 12.9. The molecule has 31 heavy (non-hydrogen) atoms. The monoisotopic (exact) mass is 439 g/mol. The summed E-state index contributed by atoms with van der Waals surface area (Å²) >= 11 is 6.17. The number of aliphatic hydroxyl groups excluding tert-OH is 1. The maximum Gasteiger partial charge on any atom is 0.300 e. The highest BCUT2D eigenvalue weighted by Gasteiger charge is 2.49. The number of carbonyl (C=O) groups is 2. The van der Waals surface area contributed by atoms with E-state index in [0.29, 0.717) is 11.5 Å². The number of phenolic OH excluding ortho intramolecular Hbond substituents is 1. The van der Waals surface area contributed by atoms with Gasteiger partial charge in [-0.3, -0.25) is 14.5 Å². The third-order valence-corrected chi connectivity index (χ3v) is 5.34. The molecule has 0 radical (unpaired) electrons. The molecule has 1 aromatic heterocycles. The van der Waals surface area contributed by atoms with Crippen molar-refractivity contribution in [3.8, 4) is 11.5 Å². The van der Waals surface area contributed by atoms with Crippen molar-refractivity contribution in [3.05, 3.63) is 82.3 Å². The molecule has 1 unspecified atom stereocenters. The van der Waals surface area contributed by atoms with Gasteiger partial charge in [0.15, 0.2) is 0 Å². The summed E-state index contributed by atoms with van der Waals surface area (Å²) in [6.07, 6.45) is 0. The van der Waals surface area contributed by atoms with Crippen LogP contribution in [0.1, 0.15) is 23.1 Å². The number of hydrogen-bond donors (Lipinski definition) is 2. The number of Topliss-reactive ketones (excluding diaryl/α,β-unsaturated/α-hetero) is 1. The topological polar surface area (TPSA) is 100 Å². The number of amides is 1. The molecule has 1 atom stereocenters. The Morgan fingerprint density at radius 2 is 1.87 bits per heavy atom. The number of carbonyl (C=O) groups excluding carboxylic acids is 2. The largest absolute Gasteiger partial charge is 0.507 e. The molecule has 1 fully saturated rings. The van der Waals surface area contributed by atoms with Gasteiger partial charge in [0.1, 0.15) is 34.8 Å². The van der Waals surface area contributed by atoms with Gasteiger partial charge in [-0.25, -0.2) is 0 Å². The smallest absolute Gasteiger partial charge is 0.300 e. The Morgan fingerprint density at radius 1 is 1.13 bits per heavy atom. The fourth-order valence-electron chi connectivity index (χ4n) is 3.59. The maximum absolute atomic E-state index is 13.0. The number of aliphatic hydroxyl groups is 1. The van der Waals surface area contributed by atoms with E-state index in [4.69, 9.17) is 20.8 Å². The Hall–Kier alpha value is -3.71. The van der Waals surface area contributed by atoms with Gasteiger partial charge in [-0.1, -0.05) is 23.7 Å². The number of anilines is 1. The number of halogens is 1. The number of furan rings is 1. The molecule has 158 valence electrons. The lowest BCUT2D eigenvalue weighted by Crippen LogP contribution is -2.29. The second-order valence-electron chi connectivity index (χ2n) is 6.96. The summed E-state index contributed by atoms with van der Waals surface area (Å²) in [5, 5.41) is 21.6. The number of aryl methyl sites for hydroxylation is 1. The standard InChI is InChI=1S/C23H18ClNO6/c1-12-7-9-18(31-12)20-19(21(27)13-8-10-17(30-2)14(24)11-13)22(28)23(29)25(20)15-5-3-4-6-16(15)26/h3-11,20,26-27H,1-2H3/b21-19-. The summed E-state index contributed by atoms with van der Waals surface area (Å²) in [4.78, 5) is 27.1. The van der Waals surface area contributed by atoms with Crippen molar-refractivity contribution in [2.45, 2.75) is 13.0 Å². The molecule has 3 aromatic rings. The molecule has 1 saturated heterocycles. The minimum absolute atomic E-state index is 0.121. The Labute approximate surface area is 182 Å². The van der Waals surface area contributed by atoms with Crippen LogP contribution in [0.5, 0.6) is 11.5 Å². The average molecular weight is 440 g/mol. The minimum atomic E-state index is -1.08. The SMILES string of the molecule is COc1ccc(/C(O)=C2/C(=O)C(=O)N(c3ccccc3O)C2c2ccc(C)o2)cc1Cl. The van der Waals surface area contributed by atoms with Crippen LogP contribution in [0.25, 0.3) is 5.76 Å². The third-order valence-electron chi connectivity index (χ3n) is 5.04. The van der Waals surface area contributed by atoms with Gasteiger partial charge >= 0.3 is 0 Å². The second kappa shape index (κ2) is 7.85. The van der Waals surface area contributed by atoms with Crippen LogP contribution >= 0.6 is 11.6 Å². The van der Waals surface area contributed by atoms with Crippen molar-refractivity contribution in [1.82, 2.24) is 0 Å². The molecule has 2 N–H and O–H groups in total. The zero-order chi connectivity index (χ0) is 22.3. The number of benzene rings is 2. The molecule has 1 aliphatic heterocycles. The Balaban J connectivity index is 1.95. The van der Waals surface area contributed by atoms with Crippen LogP contribution < -0.4 is 9.64 Å². The van der Waals surface area contributed by atoms with Crippen molar-refractivity contribution in [1.29, 1.82) is 0 Å².